The summed E-state index contributed by atoms with van der Waals surface area (Å²) in [4.78, 5) is 5.08. The van der Waals surface area contributed by atoms with Crippen LogP contribution in [-0.2, 0) is 21.7 Å². The van der Waals surface area contributed by atoms with Gasteiger partial charge in [-0.1, -0.05) is 192 Å². The molecule has 2 aliphatic heterocycles. The Morgan fingerprint density at radius 1 is 0.453 bits per heavy atom. The van der Waals surface area contributed by atoms with Gasteiger partial charge < -0.3 is 14.2 Å². The van der Waals surface area contributed by atoms with Crippen LogP contribution < -0.4 is 35.2 Å². The number of benzene rings is 9. The molecule has 0 saturated carbocycles. The van der Waals surface area contributed by atoms with E-state index in [-0.39, 0.29) is 28.4 Å². The van der Waals surface area contributed by atoms with Crippen molar-refractivity contribution in [1.82, 2.24) is 14.1 Å². The molecule has 8 heteroatoms. The SMILES string of the molecule is CC(C)(C)c1cc(Oc2ccc3c4cc(-c5cc6c7c(c5)Oc5ccc(C(C)(C)C)cc5B7c5cc(C(C)(C)C)ccc5O6)ccc4n(-c4cc(C(C)(C)C)ccn4)c3c2)cc(-n2[c-][n+](-c3c(-c4ccccc4)cccc3-c3ccccc3)cc2)c1. The Bertz CT molecular complexity index is 4510. The van der Waals surface area contributed by atoms with E-state index in [1.807, 2.05) is 6.20 Å². The molecule has 0 spiro atoms. The van der Waals surface area contributed by atoms with Crippen LogP contribution in [0.25, 0.3) is 72.4 Å². The molecule has 7 nitrogen and oxygen atoms in total. The minimum absolute atomic E-state index is 0.0349. The van der Waals surface area contributed by atoms with E-state index in [9.17, 15) is 0 Å². The van der Waals surface area contributed by atoms with Crippen molar-refractivity contribution in [3.8, 4) is 85.1 Å². The van der Waals surface area contributed by atoms with Gasteiger partial charge >= 0.3 is 0 Å². The lowest BCUT2D eigenvalue weighted by Gasteiger charge is -2.35. The molecule has 0 bridgehead atoms. The van der Waals surface area contributed by atoms with Gasteiger partial charge in [-0.05, 0) is 167 Å². The quantitative estimate of drug-likeness (QED) is 0.0864. The predicted octanol–water partition coefficient (Wildman–Crippen LogP) is 17.8. The molecule has 14 rings (SSSR count). The van der Waals surface area contributed by atoms with Crippen LogP contribution in [0.4, 0.5) is 0 Å². The van der Waals surface area contributed by atoms with Gasteiger partial charge in [-0.3, -0.25) is 13.7 Å². The highest BCUT2D eigenvalue weighted by molar-refractivity contribution is 6.98. The average molecular weight is 1120 g/mol. The van der Waals surface area contributed by atoms with E-state index < -0.39 is 0 Å². The Hall–Kier alpha value is -9.40. The zero-order valence-electron chi connectivity index (χ0n) is 51.3. The molecule has 9 aromatic carbocycles. The van der Waals surface area contributed by atoms with E-state index in [1.54, 1.807) is 0 Å². The summed E-state index contributed by atoms with van der Waals surface area (Å²) in [6, 6.07) is 69.7. The standard InChI is InChI=1S/C78H71BN4O3/c1-75(2,3)53-27-32-68-64(43-53)79-65-44-54(76(4,5)6)28-33-69(65)86-71-40-52(39-70(85-68)73(71)79)51-26-31-66-63(38-51)62-30-29-58(47-67(62)83(66)72-45-55(34-35-80-72)77(7,8)9)84-59-42-56(78(10,11)12)41-57(46-59)81-36-37-82(48-81)74-60(49-20-15-13-16-21-49)24-19-25-61(74)50-22-17-14-18-23-50/h13-47H,1-12H3. The maximum absolute atomic E-state index is 7.08. The van der Waals surface area contributed by atoms with Crippen LogP contribution in [0.1, 0.15) is 105 Å². The molecule has 0 saturated heterocycles. The van der Waals surface area contributed by atoms with Gasteiger partial charge in [0.15, 0.2) is 0 Å². The number of pyridine rings is 1. The maximum atomic E-state index is 7.08. The van der Waals surface area contributed by atoms with Crippen LogP contribution in [0.5, 0.6) is 34.5 Å². The molecule has 5 heterocycles. The summed E-state index contributed by atoms with van der Waals surface area (Å²) in [5, 5.41) is 2.17. The normalized spacial score (nSPS) is 13.0. The summed E-state index contributed by atoms with van der Waals surface area (Å²) in [6.45, 7) is 27.1. The maximum Gasteiger partial charge on any atom is 0.268 e. The summed E-state index contributed by atoms with van der Waals surface area (Å²) >= 11 is 0. The van der Waals surface area contributed by atoms with Gasteiger partial charge in [0.1, 0.15) is 40.3 Å². The molecule has 0 aliphatic carbocycles. The fourth-order valence-electron chi connectivity index (χ4n) is 12.5. The number of imidazole rings is 1. The lowest BCUT2D eigenvalue weighted by Crippen LogP contribution is -2.57. The van der Waals surface area contributed by atoms with Crippen LogP contribution in [0.2, 0.25) is 0 Å². The second-order valence-electron chi connectivity index (χ2n) is 27.6. The van der Waals surface area contributed by atoms with Crippen molar-refractivity contribution in [3.05, 3.63) is 241 Å². The number of rotatable bonds is 8. The van der Waals surface area contributed by atoms with E-state index >= 15 is 0 Å². The molecule has 0 radical (unpaired) electrons. The molecule has 424 valence electrons. The van der Waals surface area contributed by atoms with Crippen LogP contribution in [-0.4, -0.2) is 20.8 Å². The lowest BCUT2D eigenvalue weighted by atomic mass is 9.34. The van der Waals surface area contributed by atoms with Crippen molar-refractivity contribution >= 4 is 44.9 Å². The molecule has 0 unspecified atom stereocenters. The topological polar surface area (TPSA) is 54.3 Å². The first-order valence-corrected chi connectivity index (χ1v) is 30.1. The number of nitrogens with zero attached hydrogens (tertiary/aromatic N) is 4. The molecular formula is C78H71BN4O3. The van der Waals surface area contributed by atoms with Crippen molar-refractivity contribution in [2.75, 3.05) is 0 Å². The van der Waals surface area contributed by atoms with Crippen molar-refractivity contribution in [3.63, 3.8) is 0 Å². The zero-order chi connectivity index (χ0) is 59.6. The van der Waals surface area contributed by atoms with Gasteiger partial charge in [0.25, 0.3) is 13.0 Å². The Morgan fingerprint density at radius 3 is 1.64 bits per heavy atom. The molecule has 0 atom stereocenters. The number of hydrogen-bond donors (Lipinski definition) is 0. The number of hydrogen-bond acceptors (Lipinski definition) is 4. The number of aromatic nitrogens is 4. The molecule has 3 aromatic heterocycles. The van der Waals surface area contributed by atoms with Crippen molar-refractivity contribution in [2.24, 2.45) is 0 Å². The molecule has 2 aliphatic rings. The summed E-state index contributed by atoms with van der Waals surface area (Å²) in [5.74, 6) is 5.67. The number of fused-ring (bicyclic) bond motifs is 7. The largest absolute Gasteiger partial charge is 0.458 e. The molecule has 0 N–H and O–H groups in total. The van der Waals surface area contributed by atoms with E-state index in [4.69, 9.17) is 19.2 Å². The van der Waals surface area contributed by atoms with Crippen LogP contribution >= 0.6 is 0 Å². The molecule has 86 heavy (non-hydrogen) atoms. The minimum Gasteiger partial charge on any atom is -0.458 e. The number of para-hydroxylation sites is 1. The van der Waals surface area contributed by atoms with Gasteiger partial charge in [-0.15, -0.1) is 0 Å². The third-order valence-electron chi connectivity index (χ3n) is 17.4. The Labute approximate surface area is 506 Å². The van der Waals surface area contributed by atoms with Gasteiger partial charge in [0.2, 0.25) is 0 Å². The Balaban J connectivity index is 0.876. The Kier molecular flexibility index (Phi) is 12.8. The molecular weight excluding hydrogens is 1050 g/mol. The van der Waals surface area contributed by atoms with Crippen molar-refractivity contribution in [1.29, 1.82) is 0 Å². The van der Waals surface area contributed by atoms with Crippen LogP contribution in [0.3, 0.4) is 0 Å². The monoisotopic (exact) mass is 1120 g/mol. The highest BCUT2D eigenvalue weighted by Crippen LogP contribution is 2.44. The van der Waals surface area contributed by atoms with Crippen molar-refractivity contribution in [2.45, 2.75) is 105 Å². The van der Waals surface area contributed by atoms with Gasteiger partial charge in [-0.2, -0.15) is 0 Å². The van der Waals surface area contributed by atoms with Crippen LogP contribution in [0, 0.1) is 6.33 Å². The molecule has 0 amide bonds. The minimum atomic E-state index is -0.188. The van der Waals surface area contributed by atoms with E-state index in [0.29, 0.717) is 5.75 Å². The Morgan fingerprint density at radius 2 is 1.05 bits per heavy atom. The zero-order valence-corrected chi connectivity index (χ0v) is 51.3. The highest BCUT2D eigenvalue weighted by atomic mass is 16.5. The van der Waals surface area contributed by atoms with Gasteiger partial charge in [-0.25, -0.2) is 4.98 Å². The van der Waals surface area contributed by atoms with Crippen LogP contribution in [0.15, 0.2) is 213 Å². The first kappa shape index (κ1) is 54.5. The molecule has 12 aromatic rings. The first-order chi connectivity index (χ1) is 41.1. The van der Waals surface area contributed by atoms with Crippen molar-refractivity contribution < 1.29 is 18.8 Å². The second-order valence-corrected chi connectivity index (χ2v) is 27.6. The summed E-state index contributed by atoms with van der Waals surface area (Å²) in [7, 11) is 0. The first-order valence-electron chi connectivity index (χ1n) is 30.1. The fourth-order valence-corrected chi connectivity index (χ4v) is 12.5. The smallest absolute Gasteiger partial charge is 0.268 e. The second kappa shape index (κ2) is 20.1. The van der Waals surface area contributed by atoms with E-state index in [2.05, 4.69) is 310 Å². The molecule has 0 fully saturated rings. The highest BCUT2D eigenvalue weighted by Gasteiger charge is 2.42. The van der Waals surface area contributed by atoms with E-state index in [0.717, 1.165) is 112 Å². The summed E-state index contributed by atoms with van der Waals surface area (Å²) < 4.78 is 27.5. The summed E-state index contributed by atoms with van der Waals surface area (Å²) in [5.41, 5.74) is 18.5. The lowest BCUT2D eigenvalue weighted by molar-refractivity contribution is -0.598. The average Bonchev–Trinajstić information content (AvgIpc) is 1.01. The predicted molar refractivity (Wildman–Crippen MR) is 354 cm³/mol. The third-order valence-corrected chi connectivity index (χ3v) is 17.4. The fraction of sp³-hybridized carbons (Fsp3) is 0.205. The summed E-state index contributed by atoms with van der Waals surface area (Å²) in [6.07, 6.45) is 9.85. The number of ether oxygens (including phenoxy) is 3. The van der Waals surface area contributed by atoms with E-state index in [1.165, 1.54) is 27.6 Å². The van der Waals surface area contributed by atoms with Gasteiger partial charge in [0, 0.05) is 40.9 Å². The third kappa shape index (κ3) is 9.75. The van der Waals surface area contributed by atoms with Gasteiger partial charge in [0.05, 0.1) is 22.4 Å².